The van der Waals surface area contributed by atoms with E-state index in [1.165, 1.54) is 18.2 Å². The molecule has 0 aliphatic carbocycles. The summed E-state index contributed by atoms with van der Waals surface area (Å²) < 4.78 is 51.6. The molecule has 0 fully saturated rings. The average molecular weight is 1550 g/mol. The number of benzene rings is 3. The lowest BCUT2D eigenvalue weighted by Crippen LogP contribution is -2.46. The number of amides is 3. The predicted molar refractivity (Wildman–Crippen MR) is 417 cm³/mol. The predicted octanol–water partition coefficient (Wildman–Crippen LogP) is 9.68. The van der Waals surface area contributed by atoms with Crippen LogP contribution in [0, 0.1) is 0 Å². The highest BCUT2D eigenvalue weighted by Gasteiger charge is 2.36. The van der Waals surface area contributed by atoms with Gasteiger partial charge in [0.2, 0.25) is 33.9 Å². The van der Waals surface area contributed by atoms with E-state index >= 15 is 0 Å². The second kappa shape index (κ2) is 37.9. The Labute approximate surface area is 648 Å². The minimum Gasteiger partial charge on any atom is -0.483 e. The third kappa shape index (κ3) is 18.9. The molecule has 30 nitrogen and oxygen atoms in total. The van der Waals surface area contributed by atoms with Crippen molar-refractivity contribution in [2.75, 3.05) is 59.3 Å². The first-order valence-electron chi connectivity index (χ1n) is 36.8. The van der Waals surface area contributed by atoms with Crippen LogP contribution < -0.4 is 44.7 Å². The molecule has 9 aromatic heterocycles. The standard InChI is InChI=1S/2C27H29N5O5.C19H21ClN2O3.C8H9N3O2/c2*1-18(2)31-10-11-32-20(17-35-12-13-36-26-21-15-29-30-22(21)8-9-28-26)14-23(33)25(24(32)27(31)34)37-16-19-6-4-3-5-7-19;1-13(2)21-8-9-22-15(11-20)10-16(23)18(17(22)19(21)24)25-12-14-6-4-3-5-7-14;12-3-4-13-8-6-5-10-11-7(6)1-2-9-8/h2*3-9,14-15,18H,10-13,16-17H2,1-2H3,(H,29,30);3-7,10,13H,8-9,11-12H2,1-2H3;1-2,5,12H,3-4H2,(H,10,11). The molecule has 0 bridgehead atoms. The van der Waals surface area contributed by atoms with Crippen LogP contribution in [0.2, 0.25) is 0 Å². The number of aromatic amines is 3. The number of H-pyrrole nitrogens is 3. The normalized spacial score (nSPS) is 13.1. The van der Waals surface area contributed by atoms with E-state index in [-0.39, 0.29) is 159 Å². The zero-order valence-electron chi connectivity index (χ0n) is 63.0. The van der Waals surface area contributed by atoms with Crippen molar-refractivity contribution in [2.45, 2.75) is 118 Å². The Balaban J connectivity index is 0.000000146. The molecule has 15 rings (SSSR count). The van der Waals surface area contributed by atoms with E-state index in [4.69, 9.17) is 54.6 Å². The van der Waals surface area contributed by atoms with Crippen LogP contribution >= 0.6 is 11.6 Å². The highest BCUT2D eigenvalue weighted by molar-refractivity contribution is 6.17. The summed E-state index contributed by atoms with van der Waals surface area (Å²) in [6, 6.07) is 38.7. The Morgan fingerprint density at radius 3 is 1.02 bits per heavy atom. The van der Waals surface area contributed by atoms with E-state index in [2.05, 4.69) is 45.5 Å². The molecule has 12 aromatic rings. The number of aliphatic hydroxyl groups excluding tert-OH is 1. The molecule has 0 saturated carbocycles. The lowest BCUT2D eigenvalue weighted by atomic mass is 10.1. The van der Waals surface area contributed by atoms with Gasteiger partial charge in [0.05, 0.1) is 90.2 Å². The van der Waals surface area contributed by atoms with Gasteiger partial charge in [-0.25, -0.2) is 15.0 Å². The number of hydrogen-bond acceptors (Lipinski definition) is 21. The van der Waals surface area contributed by atoms with Crippen molar-refractivity contribution in [1.29, 1.82) is 0 Å². The molecule has 0 saturated heterocycles. The molecule has 0 atom stereocenters. The summed E-state index contributed by atoms with van der Waals surface area (Å²) >= 11 is 5.98. The van der Waals surface area contributed by atoms with Gasteiger partial charge in [-0.15, -0.1) is 11.6 Å². The SMILES string of the molecule is CC(C)N1CCn2c(CCl)cc(=O)c(OCc3ccccc3)c2C1=O.CC(C)N1CCn2c(COCCOc3nccc4[nH]ncc34)cc(=O)c(OCc3ccccc3)c2C1=O.CC(C)N1CCn2c(COCCOc3nccc4[nH]ncc34)cc(=O)c(OCc3ccccc3)c2C1=O.OCCOc1nccc2[nH]ncc12. The summed E-state index contributed by atoms with van der Waals surface area (Å²) in [5.41, 5.74) is 7.07. The van der Waals surface area contributed by atoms with Crippen molar-refractivity contribution >= 4 is 62.0 Å². The number of fused-ring (bicyclic) bond motifs is 6. The Hall–Kier alpha value is -12.3. The minimum atomic E-state index is -0.341. The quantitative estimate of drug-likeness (QED) is 0.0262. The van der Waals surface area contributed by atoms with E-state index in [9.17, 15) is 28.8 Å². The molecule has 31 heteroatoms. The lowest BCUT2D eigenvalue weighted by Gasteiger charge is -2.34. The van der Waals surface area contributed by atoms with Crippen LogP contribution in [0.4, 0.5) is 0 Å². The van der Waals surface area contributed by atoms with Crippen LogP contribution in [0.5, 0.6) is 34.9 Å². The van der Waals surface area contributed by atoms with E-state index in [1.807, 2.05) is 164 Å². The highest BCUT2D eigenvalue weighted by Crippen LogP contribution is 2.30. The van der Waals surface area contributed by atoms with Gasteiger partial charge in [-0.05, 0) is 76.4 Å². The molecule has 584 valence electrons. The van der Waals surface area contributed by atoms with Crippen LogP contribution in [-0.2, 0) is 68.0 Å². The number of nitrogens with zero attached hydrogens (tertiary/aromatic N) is 12. The number of aromatic nitrogens is 12. The fourth-order valence-corrected chi connectivity index (χ4v) is 13.2. The second-order valence-electron chi connectivity index (χ2n) is 26.9. The van der Waals surface area contributed by atoms with Crippen molar-refractivity contribution in [3.8, 4) is 34.9 Å². The van der Waals surface area contributed by atoms with Crippen molar-refractivity contribution in [2.24, 2.45) is 0 Å². The number of carbonyl (C=O) groups is 3. The number of hydrogen-bond donors (Lipinski definition) is 4. The summed E-state index contributed by atoms with van der Waals surface area (Å²) in [5.74, 6) is 1.26. The zero-order chi connectivity index (χ0) is 78.6. The van der Waals surface area contributed by atoms with E-state index in [0.29, 0.717) is 79.7 Å². The lowest BCUT2D eigenvalue weighted by molar-refractivity contribution is 0.0604. The van der Waals surface area contributed by atoms with Gasteiger partial charge in [0.15, 0.2) is 34.3 Å². The maximum atomic E-state index is 13.4. The fraction of sp³-hybridized carbons (Fsp3) is 0.333. The Morgan fingerprint density at radius 1 is 0.393 bits per heavy atom. The number of aliphatic hydroxyl groups is 1. The number of rotatable bonds is 28. The summed E-state index contributed by atoms with van der Waals surface area (Å²) in [6.45, 7) is 17.4. The van der Waals surface area contributed by atoms with Gasteiger partial charge < -0.3 is 71.4 Å². The van der Waals surface area contributed by atoms with Crippen molar-refractivity contribution < 1.29 is 57.4 Å². The van der Waals surface area contributed by atoms with Crippen molar-refractivity contribution in [1.82, 2.24) is 73.9 Å². The number of pyridine rings is 6. The molecular weight excluding hydrogens is 1460 g/mol. The first kappa shape index (κ1) is 79.3. The number of alkyl halides is 1. The Kier molecular flexibility index (Phi) is 26.8. The maximum absolute atomic E-state index is 13.4. The maximum Gasteiger partial charge on any atom is 0.274 e. The first-order valence-corrected chi connectivity index (χ1v) is 37.3. The van der Waals surface area contributed by atoms with Crippen molar-refractivity contribution in [3.05, 3.63) is 246 Å². The van der Waals surface area contributed by atoms with Crippen LogP contribution in [0.1, 0.15) is 107 Å². The molecule has 4 N–H and O–H groups in total. The molecule has 3 aromatic carbocycles. The molecule has 0 radical (unpaired) electrons. The third-order valence-corrected chi connectivity index (χ3v) is 18.9. The van der Waals surface area contributed by atoms with E-state index < -0.39 is 0 Å². The average Bonchev–Trinajstić information content (AvgIpc) is 0.906. The summed E-state index contributed by atoms with van der Waals surface area (Å²) in [7, 11) is 0. The van der Waals surface area contributed by atoms with E-state index in [0.717, 1.165) is 49.4 Å². The molecule has 3 aliphatic heterocycles. The summed E-state index contributed by atoms with van der Waals surface area (Å²) in [5, 5.41) is 31.4. The molecule has 12 heterocycles. The Bertz CT molecular complexity index is 5160. The van der Waals surface area contributed by atoms with Gasteiger partial charge in [0.1, 0.15) is 39.6 Å². The third-order valence-electron chi connectivity index (χ3n) is 18.6. The van der Waals surface area contributed by atoms with Crippen molar-refractivity contribution in [3.63, 3.8) is 0 Å². The topological polar surface area (TPSA) is 346 Å². The smallest absolute Gasteiger partial charge is 0.274 e. The van der Waals surface area contributed by atoms with Crippen LogP contribution in [0.3, 0.4) is 0 Å². The fourth-order valence-electron chi connectivity index (χ4n) is 13.0. The van der Waals surface area contributed by atoms with Crippen LogP contribution in [0.15, 0.2) is 179 Å². The van der Waals surface area contributed by atoms with Gasteiger partial charge in [-0.2, -0.15) is 15.3 Å². The summed E-state index contributed by atoms with van der Waals surface area (Å²) in [4.78, 5) is 96.4. The molecule has 3 aliphatic rings. The number of nitrogens with one attached hydrogen (secondary N) is 3. The van der Waals surface area contributed by atoms with Gasteiger partial charge in [0.25, 0.3) is 17.7 Å². The number of carbonyl (C=O) groups excluding carboxylic acids is 3. The van der Waals surface area contributed by atoms with Gasteiger partial charge in [0, 0.05) is 111 Å². The second-order valence-corrected chi connectivity index (χ2v) is 27.2. The largest absolute Gasteiger partial charge is 0.483 e. The minimum absolute atomic E-state index is 0.00340. The Morgan fingerprint density at radius 2 is 0.705 bits per heavy atom. The summed E-state index contributed by atoms with van der Waals surface area (Å²) in [6.07, 6.45) is 9.90. The first-order chi connectivity index (χ1) is 54.5. The number of halogens is 1. The molecule has 0 unspecified atom stereocenters. The van der Waals surface area contributed by atoms with Crippen LogP contribution in [0.25, 0.3) is 32.7 Å². The van der Waals surface area contributed by atoms with Gasteiger partial charge in [-0.1, -0.05) is 91.0 Å². The zero-order valence-corrected chi connectivity index (χ0v) is 63.7. The number of ether oxygens (including phenoxy) is 8. The van der Waals surface area contributed by atoms with Gasteiger partial charge in [-0.3, -0.25) is 44.1 Å². The van der Waals surface area contributed by atoms with E-state index in [1.54, 1.807) is 51.9 Å². The highest BCUT2D eigenvalue weighted by atomic mass is 35.5. The molecular formula is C81H88ClN15O15. The molecule has 3 amide bonds. The van der Waals surface area contributed by atoms with Gasteiger partial charge >= 0.3 is 0 Å². The van der Waals surface area contributed by atoms with Crippen LogP contribution in [-0.4, -0.2) is 174 Å². The monoisotopic (exact) mass is 1550 g/mol. The molecule has 0 spiro atoms. The molecule has 112 heavy (non-hydrogen) atoms.